The normalized spacial score (nSPS) is 14.7. The molecular formula is C20H24N2O4S. The van der Waals surface area contributed by atoms with Crippen LogP contribution in [0.5, 0.6) is 5.75 Å². The maximum absolute atomic E-state index is 12.7. The predicted molar refractivity (Wildman–Crippen MR) is 105 cm³/mol. The Kier molecular flexibility index (Phi) is 5.70. The Morgan fingerprint density at radius 3 is 2.37 bits per heavy atom. The highest BCUT2D eigenvalue weighted by atomic mass is 32.2. The molecule has 1 aliphatic carbocycles. The van der Waals surface area contributed by atoms with Gasteiger partial charge in [-0.15, -0.1) is 0 Å². The van der Waals surface area contributed by atoms with Crippen molar-refractivity contribution in [3.8, 4) is 5.75 Å². The average molecular weight is 388 g/mol. The number of rotatable bonds is 6. The van der Waals surface area contributed by atoms with E-state index >= 15 is 0 Å². The van der Waals surface area contributed by atoms with Gasteiger partial charge in [-0.05, 0) is 61.7 Å². The number of carbonyl (C=O) groups excluding carboxylic acids is 1. The summed E-state index contributed by atoms with van der Waals surface area (Å²) in [6, 6.07) is 11.4. The lowest BCUT2D eigenvalue weighted by Crippen LogP contribution is -2.33. The first-order chi connectivity index (χ1) is 12.9. The van der Waals surface area contributed by atoms with Gasteiger partial charge in [0.25, 0.3) is 15.9 Å². The highest BCUT2D eigenvalue weighted by Gasteiger charge is 2.21. The molecule has 1 saturated carbocycles. The summed E-state index contributed by atoms with van der Waals surface area (Å²) in [5.74, 6) is 0.417. The second-order valence-corrected chi connectivity index (χ2v) is 8.45. The molecule has 0 radical (unpaired) electrons. The minimum Gasteiger partial charge on any atom is -0.497 e. The van der Waals surface area contributed by atoms with E-state index in [9.17, 15) is 13.2 Å². The highest BCUT2D eigenvalue weighted by Crippen LogP contribution is 2.22. The highest BCUT2D eigenvalue weighted by molar-refractivity contribution is 7.92. The second-order valence-electron chi connectivity index (χ2n) is 6.77. The lowest BCUT2D eigenvalue weighted by molar-refractivity contribution is 0.0937. The Labute approximate surface area is 160 Å². The number of benzene rings is 2. The van der Waals surface area contributed by atoms with Crippen LogP contribution in [0.25, 0.3) is 0 Å². The number of amides is 1. The summed E-state index contributed by atoms with van der Waals surface area (Å²) < 4.78 is 33.0. The fourth-order valence-electron chi connectivity index (χ4n) is 3.22. The van der Waals surface area contributed by atoms with Crippen molar-refractivity contribution in [2.45, 2.75) is 43.5 Å². The van der Waals surface area contributed by atoms with E-state index in [0.29, 0.717) is 17.0 Å². The number of methoxy groups -OCH3 is 1. The average Bonchev–Trinajstić information content (AvgIpc) is 3.15. The van der Waals surface area contributed by atoms with E-state index < -0.39 is 10.0 Å². The van der Waals surface area contributed by atoms with Crippen LogP contribution < -0.4 is 14.8 Å². The number of ether oxygens (including phenoxy) is 1. The number of hydrogen-bond acceptors (Lipinski definition) is 4. The lowest BCUT2D eigenvalue weighted by Gasteiger charge is -2.15. The van der Waals surface area contributed by atoms with Crippen molar-refractivity contribution in [3.63, 3.8) is 0 Å². The monoisotopic (exact) mass is 388 g/mol. The second kappa shape index (κ2) is 8.00. The summed E-state index contributed by atoms with van der Waals surface area (Å²) in [6.45, 7) is 1.80. The SMILES string of the molecule is COc1ccc(NS(=O)(=O)c2ccc(C)c(C(=O)NC3CCCC3)c2)cc1. The zero-order chi connectivity index (χ0) is 19.4. The zero-order valence-electron chi connectivity index (χ0n) is 15.5. The molecule has 0 heterocycles. The molecule has 0 atom stereocenters. The van der Waals surface area contributed by atoms with E-state index in [-0.39, 0.29) is 16.8 Å². The van der Waals surface area contributed by atoms with Crippen molar-refractivity contribution in [2.24, 2.45) is 0 Å². The van der Waals surface area contributed by atoms with Crippen LogP contribution in [0, 0.1) is 6.92 Å². The maximum atomic E-state index is 12.7. The van der Waals surface area contributed by atoms with Crippen LogP contribution in [0.15, 0.2) is 47.4 Å². The summed E-state index contributed by atoms with van der Waals surface area (Å²) in [4.78, 5) is 12.6. The summed E-state index contributed by atoms with van der Waals surface area (Å²) in [5.41, 5.74) is 1.56. The van der Waals surface area contributed by atoms with E-state index in [4.69, 9.17) is 4.74 Å². The first kappa shape index (κ1) is 19.2. The van der Waals surface area contributed by atoms with Gasteiger partial charge in [0.05, 0.1) is 12.0 Å². The van der Waals surface area contributed by atoms with Crippen LogP contribution in [-0.4, -0.2) is 27.5 Å². The molecule has 0 unspecified atom stereocenters. The molecule has 2 aromatic carbocycles. The molecule has 2 aromatic rings. The quantitative estimate of drug-likeness (QED) is 0.793. The molecule has 7 heteroatoms. The molecule has 2 N–H and O–H groups in total. The molecule has 1 fully saturated rings. The summed E-state index contributed by atoms with van der Waals surface area (Å²) in [7, 11) is -2.26. The van der Waals surface area contributed by atoms with E-state index in [1.54, 1.807) is 44.4 Å². The third-order valence-electron chi connectivity index (χ3n) is 4.80. The van der Waals surface area contributed by atoms with Gasteiger partial charge in [-0.1, -0.05) is 18.9 Å². The largest absolute Gasteiger partial charge is 0.497 e. The molecule has 0 aromatic heterocycles. The van der Waals surface area contributed by atoms with Crippen LogP contribution in [0.3, 0.4) is 0 Å². The van der Waals surface area contributed by atoms with Crippen LogP contribution in [0.2, 0.25) is 0 Å². The standard InChI is InChI=1S/C20H24N2O4S/c1-14-7-12-18(13-19(14)20(23)21-15-5-3-4-6-15)27(24,25)22-16-8-10-17(26-2)11-9-16/h7-13,15,22H,3-6H2,1-2H3,(H,21,23). The van der Waals surface area contributed by atoms with Gasteiger partial charge in [-0.3, -0.25) is 9.52 Å². The predicted octanol–water partition coefficient (Wildman–Crippen LogP) is 3.48. The van der Waals surface area contributed by atoms with Crippen LogP contribution in [-0.2, 0) is 10.0 Å². The number of anilines is 1. The smallest absolute Gasteiger partial charge is 0.261 e. The van der Waals surface area contributed by atoms with Gasteiger partial charge < -0.3 is 10.1 Å². The molecule has 0 saturated heterocycles. The molecule has 1 aliphatic rings. The third-order valence-corrected chi connectivity index (χ3v) is 6.18. The number of carbonyl (C=O) groups is 1. The molecular weight excluding hydrogens is 364 g/mol. The van der Waals surface area contributed by atoms with Crippen molar-refractivity contribution in [2.75, 3.05) is 11.8 Å². The fraction of sp³-hybridized carbons (Fsp3) is 0.350. The number of nitrogens with one attached hydrogen (secondary N) is 2. The van der Waals surface area contributed by atoms with Crippen LogP contribution in [0.1, 0.15) is 41.6 Å². The van der Waals surface area contributed by atoms with E-state index in [2.05, 4.69) is 10.0 Å². The van der Waals surface area contributed by atoms with Gasteiger partial charge in [0.2, 0.25) is 0 Å². The van der Waals surface area contributed by atoms with Gasteiger partial charge in [-0.25, -0.2) is 8.42 Å². The van der Waals surface area contributed by atoms with Crippen LogP contribution >= 0.6 is 0 Å². The van der Waals surface area contributed by atoms with E-state index in [0.717, 1.165) is 31.2 Å². The van der Waals surface area contributed by atoms with Gasteiger partial charge in [0.15, 0.2) is 0 Å². The van der Waals surface area contributed by atoms with Crippen molar-refractivity contribution < 1.29 is 17.9 Å². The summed E-state index contributed by atoms with van der Waals surface area (Å²) in [5, 5.41) is 3.01. The van der Waals surface area contributed by atoms with Gasteiger partial charge in [0, 0.05) is 17.3 Å². The molecule has 0 bridgehead atoms. The molecule has 6 nitrogen and oxygen atoms in total. The topological polar surface area (TPSA) is 84.5 Å². The van der Waals surface area contributed by atoms with Crippen molar-refractivity contribution >= 4 is 21.6 Å². The first-order valence-electron chi connectivity index (χ1n) is 8.97. The summed E-state index contributed by atoms with van der Waals surface area (Å²) >= 11 is 0. The molecule has 27 heavy (non-hydrogen) atoms. The Morgan fingerprint density at radius 1 is 1.07 bits per heavy atom. The molecule has 3 rings (SSSR count). The van der Waals surface area contributed by atoms with Crippen molar-refractivity contribution in [3.05, 3.63) is 53.6 Å². The number of aryl methyl sites for hydroxylation is 1. The number of sulfonamides is 1. The Bertz CT molecular complexity index is 917. The first-order valence-corrected chi connectivity index (χ1v) is 10.5. The maximum Gasteiger partial charge on any atom is 0.261 e. The van der Waals surface area contributed by atoms with Gasteiger partial charge >= 0.3 is 0 Å². The Hall–Kier alpha value is -2.54. The van der Waals surface area contributed by atoms with Crippen molar-refractivity contribution in [1.82, 2.24) is 5.32 Å². The lowest BCUT2D eigenvalue weighted by atomic mass is 10.1. The number of hydrogen-bond donors (Lipinski definition) is 2. The zero-order valence-corrected chi connectivity index (χ0v) is 16.3. The van der Waals surface area contributed by atoms with E-state index in [1.165, 1.54) is 12.1 Å². The summed E-state index contributed by atoms with van der Waals surface area (Å²) in [6.07, 6.45) is 4.18. The minimum atomic E-state index is -3.80. The fourth-order valence-corrected chi connectivity index (χ4v) is 4.30. The van der Waals surface area contributed by atoms with E-state index in [1.807, 2.05) is 0 Å². The van der Waals surface area contributed by atoms with Gasteiger partial charge in [0.1, 0.15) is 5.75 Å². The molecule has 1 amide bonds. The molecule has 0 aliphatic heterocycles. The third kappa shape index (κ3) is 4.60. The molecule has 144 valence electrons. The van der Waals surface area contributed by atoms with Gasteiger partial charge in [-0.2, -0.15) is 0 Å². The Balaban J connectivity index is 1.81. The Morgan fingerprint density at radius 2 is 1.74 bits per heavy atom. The van der Waals surface area contributed by atoms with Crippen LogP contribution in [0.4, 0.5) is 5.69 Å². The van der Waals surface area contributed by atoms with Crippen molar-refractivity contribution in [1.29, 1.82) is 0 Å². The minimum absolute atomic E-state index is 0.0560. The molecule has 0 spiro atoms.